The fourth-order valence-corrected chi connectivity index (χ4v) is 6.47. The van der Waals surface area contributed by atoms with E-state index in [1.807, 2.05) is 6.92 Å². The van der Waals surface area contributed by atoms with E-state index in [9.17, 15) is 13.7 Å². The monoisotopic (exact) mass is 584 g/mol. The second-order valence-corrected chi connectivity index (χ2v) is 11.0. The van der Waals surface area contributed by atoms with Gasteiger partial charge in [0.1, 0.15) is 0 Å². The van der Waals surface area contributed by atoms with Crippen molar-refractivity contribution in [2.24, 2.45) is 5.92 Å². The maximum absolute atomic E-state index is 13.3. The first-order chi connectivity index (χ1) is 13.8. The van der Waals surface area contributed by atoms with Crippen LogP contribution >= 0.6 is 38.5 Å². The van der Waals surface area contributed by atoms with E-state index in [-0.39, 0.29) is 10.8 Å². The largest absolute Gasteiger partial charge is 0.370 e. The highest BCUT2D eigenvalue weighted by molar-refractivity contribution is 14.1. The van der Waals surface area contributed by atoms with Crippen molar-refractivity contribution in [3.05, 3.63) is 50.3 Å². The number of aryl methyl sites for hydroxylation is 1. The van der Waals surface area contributed by atoms with Crippen LogP contribution in [-0.4, -0.2) is 30.5 Å². The Kier molecular flexibility index (Phi) is 5.61. The Morgan fingerprint density at radius 1 is 1.24 bits per heavy atom. The molecule has 3 aromatic rings. The zero-order valence-electron chi connectivity index (χ0n) is 15.6. The van der Waals surface area contributed by atoms with E-state index in [0.29, 0.717) is 5.65 Å². The van der Waals surface area contributed by atoms with Crippen LogP contribution in [0.25, 0.3) is 11.0 Å². The first-order valence-corrected chi connectivity index (χ1v) is 12.5. The molecule has 6 nitrogen and oxygen atoms in total. The first-order valence-electron chi connectivity index (χ1n) is 9.15. The van der Waals surface area contributed by atoms with Gasteiger partial charge < -0.3 is 4.90 Å². The molecule has 0 N–H and O–H groups in total. The van der Waals surface area contributed by atoms with Gasteiger partial charge in [0.05, 0.1) is 26.5 Å². The summed E-state index contributed by atoms with van der Waals surface area (Å²) in [6, 6.07) is 9.17. The minimum atomic E-state index is -3.76. The lowest BCUT2D eigenvalue weighted by Gasteiger charge is -2.32. The van der Waals surface area contributed by atoms with Crippen molar-refractivity contribution < 1.29 is 8.42 Å². The predicted molar refractivity (Wildman–Crippen MR) is 124 cm³/mol. The summed E-state index contributed by atoms with van der Waals surface area (Å²) in [4.78, 5) is 6.90. The van der Waals surface area contributed by atoms with E-state index in [4.69, 9.17) is 0 Å². The summed E-state index contributed by atoms with van der Waals surface area (Å²) in [5.41, 5.74) is 2.35. The number of pyridine rings is 1. The zero-order valence-corrected chi connectivity index (χ0v) is 20.2. The number of nitrogens with zero attached hydrogens (tertiary/aromatic N) is 4. The first kappa shape index (κ1) is 20.6. The number of aromatic nitrogens is 2. The molecular formula is C20H18BrIN4O2S. The highest BCUT2D eigenvalue weighted by atomic mass is 127. The summed E-state index contributed by atoms with van der Waals surface area (Å²) in [6.07, 6.45) is 4.88. The Balaban J connectivity index is 1.85. The van der Waals surface area contributed by atoms with Gasteiger partial charge in [0.15, 0.2) is 5.65 Å². The van der Waals surface area contributed by atoms with Gasteiger partial charge in [-0.05, 0) is 70.4 Å². The second kappa shape index (κ2) is 7.89. The van der Waals surface area contributed by atoms with Crippen molar-refractivity contribution in [1.29, 1.82) is 5.26 Å². The third-order valence-corrected chi connectivity index (χ3v) is 8.30. The molecule has 1 aromatic carbocycles. The summed E-state index contributed by atoms with van der Waals surface area (Å²) < 4.78 is 29.5. The Morgan fingerprint density at radius 2 is 1.90 bits per heavy atom. The highest BCUT2D eigenvalue weighted by Crippen LogP contribution is 2.39. The molecule has 2 aromatic heterocycles. The van der Waals surface area contributed by atoms with Crippen LogP contribution in [0.4, 0.5) is 5.69 Å². The van der Waals surface area contributed by atoms with Crippen molar-refractivity contribution in [1.82, 2.24) is 8.96 Å². The SMILES string of the molecule is Cc1ccc(S(=O)(=O)n2cc(I)c3c(N4CCC(C#N)CC4)c(Br)cnc32)cc1. The molecule has 1 aliphatic heterocycles. The molecule has 0 unspecified atom stereocenters. The van der Waals surface area contributed by atoms with Crippen molar-refractivity contribution in [3.8, 4) is 6.07 Å². The van der Waals surface area contributed by atoms with Gasteiger partial charge in [0, 0.05) is 35.0 Å². The Bertz CT molecular complexity index is 1220. The predicted octanol–water partition coefficient (Wildman–Crippen LogP) is 4.69. The van der Waals surface area contributed by atoms with E-state index in [1.54, 1.807) is 36.7 Å². The van der Waals surface area contributed by atoms with Crippen LogP contribution in [0.1, 0.15) is 18.4 Å². The Labute approximate surface area is 191 Å². The molecule has 1 aliphatic rings. The van der Waals surface area contributed by atoms with E-state index in [1.165, 1.54) is 3.97 Å². The maximum atomic E-state index is 13.3. The van der Waals surface area contributed by atoms with Crippen LogP contribution in [0.15, 0.2) is 46.0 Å². The molecule has 1 saturated heterocycles. The van der Waals surface area contributed by atoms with Crippen LogP contribution in [-0.2, 0) is 10.0 Å². The third kappa shape index (κ3) is 3.66. The topological polar surface area (TPSA) is 79.0 Å². The van der Waals surface area contributed by atoms with Gasteiger partial charge in [-0.15, -0.1) is 0 Å². The highest BCUT2D eigenvalue weighted by Gasteiger charge is 2.27. The van der Waals surface area contributed by atoms with Gasteiger partial charge in [0.25, 0.3) is 10.0 Å². The van der Waals surface area contributed by atoms with Gasteiger partial charge in [-0.3, -0.25) is 0 Å². The van der Waals surface area contributed by atoms with Gasteiger partial charge >= 0.3 is 0 Å². The van der Waals surface area contributed by atoms with Crippen molar-refractivity contribution in [3.63, 3.8) is 0 Å². The van der Waals surface area contributed by atoms with E-state index in [2.05, 4.69) is 54.5 Å². The molecule has 0 radical (unpaired) electrons. The fraction of sp³-hybridized carbons (Fsp3) is 0.300. The molecule has 4 rings (SSSR count). The number of benzene rings is 1. The molecule has 0 atom stereocenters. The van der Waals surface area contributed by atoms with Crippen LogP contribution in [0.5, 0.6) is 0 Å². The Hall–Kier alpha value is -1.64. The number of fused-ring (bicyclic) bond motifs is 1. The number of piperidine rings is 1. The summed E-state index contributed by atoms with van der Waals surface area (Å²) in [5, 5.41) is 9.99. The minimum Gasteiger partial charge on any atom is -0.370 e. The van der Waals surface area contributed by atoms with Gasteiger partial charge in [-0.1, -0.05) is 17.7 Å². The average molecular weight is 585 g/mol. The lowest BCUT2D eigenvalue weighted by atomic mass is 9.98. The summed E-state index contributed by atoms with van der Waals surface area (Å²) in [7, 11) is -3.76. The quantitative estimate of drug-likeness (QED) is 0.417. The van der Waals surface area contributed by atoms with Gasteiger partial charge in [-0.2, -0.15) is 5.26 Å². The van der Waals surface area contributed by atoms with Crippen LogP contribution in [0.2, 0.25) is 0 Å². The number of hydrogen-bond acceptors (Lipinski definition) is 5. The average Bonchev–Trinajstić information content (AvgIpc) is 3.06. The zero-order chi connectivity index (χ0) is 20.8. The van der Waals surface area contributed by atoms with E-state index < -0.39 is 10.0 Å². The van der Waals surface area contributed by atoms with Crippen molar-refractivity contribution in [2.75, 3.05) is 18.0 Å². The number of nitriles is 1. The molecule has 3 heterocycles. The summed E-state index contributed by atoms with van der Waals surface area (Å²) >= 11 is 5.77. The van der Waals surface area contributed by atoms with E-state index >= 15 is 0 Å². The lowest BCUT2D eigenvalue weighted by Crippen LogP contribution is -2.33. The molecule has 0 aliphatic carbocycles. The standard InChI is InChI=1S/C20H18BrIN4O2S/c1-13-2-4-15(5-3-13)29(27,28)26-12-17(22)18-19(16(21)11-24-20(18)26)25-8-6-14(10-23)7-9-25/h2-5,11-12,14H,6-9H2,1H3. The third-order valence-electron chi connectivity index (χ3n) is 5.24. The van der Waals surface area contributed by atoms with Crippen LogP contribution < -0.4 is 4.90 Å². The van der Waals surface area contributed by atoms with Crippen molar-refractivity contribution >= 4 is 65.3 Å². The summed E-state index contributed by atoms with van der Waals surface area (Å²) in [5.74, 6) is 0.0768. The molecule has 29 heavy (non-hydrogen) atoms. The fourth-order valence-electron chi connectivity index (χ4n) is 3.63. The van der Waals surface area contributed by atoms with Crippen LogP contribution in [0.3, 0.4) is 0 Å². The van der Waals surface area contributed by atoms with Gasteiger partial charge in [-0.25, -0.2) is 17.4 Å². The molecule has 0 bridgehead atoms. The molecule has 0 amide bonds. The minimum absolute atomic E-state index is 0.0768. The Morgan fingerprint density at radius 3 is 2.52 bits per heavy atom. The molecule has 0 saturated carbocycles. The molecule has 0 spiro atoms. The van der Waals surface area contributed by atoms with Gasteiger partial charge in [0.2, 0.25) is 0 Å². The molecule has 150 valence electrons. The molecule has 1 fully saturated rings. The summed E-state index contributed by atoms with van der Waals surface area (Å²) in [6.45, 7) is 3.43. The lowest BCUT2D eigenvalue weighted by molar-refractivity contribution is 0.488. The van der Waals surface area contributed by atoms with Crippen molar-refractivity contribution in [2.45, 2.75) is 24.7 Å². The number of hydrogen-bond donors (Lipinski definition) is 0. The molecule has 9 heteroatoms. The normalized spacial score (nSPS) is 15.6. The maximum Gasteiger partial charge on any atom is 0.269 e. The number of rotatable bonds is 3. The van der Waals surface area contributed by atoms with E-state index in [0.717, 1.165) is 50.6 Å². The smallest absolute Gasteiger partial charge is 0.269 e. The number of anilines is 1. The second-order valence-electron chi connectivity index (χ2n) is 7.13. The van der Waals surface area contributed by atoms with Crippen LogP contribution in [0, 0.1) is 27.7 Å². The number of halogens is 2. The molecular weight excluding hydrogens is 567 g/mol.